The van der Waals surface area contributed by atoms with Crippen LogP contribution in [-0.2, 0) is 16.0 Å². The van der Waals surface area contributed by atoms with Gasteiger partial charge in [-0.3, -0.25) is 4.99 Å². The molecule has 4 nitrogen and oxygen atoms in total. The smallest absolute Gasteiger partial charge is 0.331 e. The molecular formula is C16H24N2O2. The lowest BCUT2D eigenvalue weighted by Gasteiger charge is -2.13. The van der Waals surface area contributed by atoms with Crippen molar-refractivity contribution < 1.29 is 9.53 Å². The predicted octanol–water partition coefficient (Wildman–Crippen LogP) is 2.53. The average molecular weight is 276 g/mol. The number of unbranched alkanes of at least 4 members (excludes halogenated alkanes) is 1. The third-order valence-corrected chi connectivity index (χ3v) is 2.76. The van der Waals surface area contributed by atoms with E-state index in [9.17, 15) is 4.79 Å². The third-order valence-electron chi connectivity index (χ3n) is 2.76. The summed E-state index contributed by atoms with van der Waals surface area (Å²) < 4.78 is 5.28. The molecule has 0 fully saturated rings. The largest absolute Gasteiger partial charge is 0.464 e. The summed E-state index contributed by atoms with van der Waals surface area (Å²) in [5.74, 6) is -0.250. The van der Waals surface area contributed by atoms with Gasteiger partial charge >= 0.3 is 5.97 Å². The highest BCUT2D eigenvalue weighted by molar-refractivity contribution is 5.78. The van der Waals surface area contributed by atoms with Crippen LogP contribution >= 0.6 is 0 Å². The van der Waals surface area contributed by atoms with E-state index in [1.165, 1.54) is 0 Å². The Kier molecular flexibility index (Phi) is 7.40. The second kappa shape index (κ2) is 9.13. The number of nitrogens with zero attached hydrogens (tertiary/aromatic N) is 2. The first kappa shape index (κ1) is 16.2. The van der Waals surface area contributed by atoms with Crippen LogP contribution in [-0.4, -0.2) is 44.0 Å². The van der Waals surface area contributed by atoms with Gasteiger partial charge in [0.05, 0.1) is 12.9 Å². The minimum Gasteiger partial charge on any atom is -0.464 e. The summed E-state index contributed by atoms with van der Waals surface area (Å²) in [5.41, 5.74) is 1.08. The van der Waals surface area contributed by atoms with Gasteiger partial charge < -0.3 is 9.64 Å². The van der Waals surface area contributed by atoms with E-state index in [4.69, 9.17) is 4.74 Å². The molecule has 1 unspecified atom stereocenters. The molecule has 0 aliphatic rings. The number of aliphatic imine (C=N–C) groups is 1. The molecular weight excluding hydrogens is 252 g/mol. The first-order chi connectivity index (χ1) is 9.63. The highest BCUT2D eigenvalue weighted by Crippen LogP contribution is 2.08. The zero-order chi connectivity index (χ0) is 14.8. The van der Waals surface area contributed by atoms with Crippen molar-refractivity contribution in [1.82, 2.24) is 4.90 Å². The zero-order valence-corrected chi connectivity index (χ0v) is 12.6. The van der Waals surface area contributed by atoms with Crippen LogP contribution in [0.3, 0.4) is 0 Å². The van der Waals surface area contributed by atoms with E-state index in [0.717, 1.165) is 18.4 Å². The molecule has 0 amide bonds. The first-order valence-corrected chi connectivity index (χ1v) is 7.03. The molecule has 0 aromatic heterocycles. The molecule has 0 spiro atoms. The maximum atomic E-state index is 12.1. The van der Waals surface area contributed by atoms with Crippen molar-refractivity contribution >= 4 is 12.3 Å². The summed E-state index contributed by atoms with van der Waals surface area (Å²) in [4.78, 5) is 18.2. The Labute approximate surface area is 121 Å². The minimum absolute atomic E-state index is 0.250. The van der Waals surface area contributed by atoms with Crippen molar-refractivity contribution in [3.05, 3.63) is 35.9 Å². The van der Waals surface area contributed by atoms with Gasteiger partial charge in [0, 0.05) is 20.5 Å². The molecule has 20 heavy (non-hydrogen) atoms. The average Bonchev–Trinajstić information content (AvgIpc) is 2.44. The lowest BCUT2D eigenvalue weighted by atomic mass is 10.1. The van der Waals surface area contributed by atoms with Crippen molar-refractivity contribution in [3.8, 4) is 0 Å². The van der Waals surface area contributed by atoms with Crippen LogP contribution in [0.1, 0.15) is 25.3 Å². The van der Waals surface area contributed by atoms with Gasteiger partial charge in [-0.05, 0) is 12.0 Å². The highest BCUT2D eigenvalue weighted by Gasteiger charge is 2.19. The molecule has 1 aromatic carbocycles. The van der Waals surface area contributed by atoms with Crippen molar-refractivity contribution in [2.75, 3.05) is 20.7 Å². The monoisotopic (exact) mass is 276 g/mol. The minimum atomic E-state index is -0.475. The summed E-state index contributed by atoms with van der Waals surface area (Å²) in [6.45, 7) is 2.54. The molecule has 0 radical (unpaired) electrons. The van der Waals surface area contributed by atoms with Crippen molar-refractivity contribution in [3.63, 3.8) is 0 Å². The van der Waals surface area contributed by atoms with E-state index >= 15 is 0 Å². The van der Waals surface area contributed by atoms with Crippen LogP contribution in [0.2, 0.25) is 0 Å². The molecule has 4 heteroatoms. The number of carbonyl (C=O) groups excluding carboxylic acids is 1. The van der Waals surface area contributed by atoms with Gasteiger partial charge in [-0.2, -0.15) is 0 Å². The van der Waals surface area contributed by atoms with E-state index in [0.29, 0.717) is 13.0 Å². The van der Waals surface area contributed by atoms with Crippen LogP contribution in [0.25, 0.3) is 0 Å². The Bertz CT molecular complexity index is 416. The normalized spacial score (nSPS) is 12.3. The van der Waals surface area contributed by atoms with Crippen molar-refractivity contribution in [1.29, 1.82) is 0 Å². The number of benzene rings is 1. The maximum Gasteiger partial charge on any atom is 0.331 e. The van der Waals surface area contributed by atoms with Crippen molar-refractivity contribution in [2.24, 2.45) is 4.99 Å². The molecule has 1 aromatic rings. The quantitative estimate of drug-likeness (QED) is 0.317. The number of hydrogen-bond acceptors (Lipinski definition) is 3. The fourth-order valence-corrected chi connectivity index (χ4v) is 1.66. The molecule has 0 aliphatic carbocycles. The molecule has 1 rings (SSSR count). The highest BCUT2D eigenvalue weighted by atomic mass is 16.5. The van der Waals surface area contributed by atoms with Crippen LogP contribution in [0.15, 0.2) is 35.3 Å². The third kappa shape index (κ3) is 6.36. The molecule has 0 saturated carbocycles. The Morgan fingerprint density at radius 3 is 2.65 bits per heavy atom. The number of ether oxygens (including phenoxy) is 1. The Morgan fingerprint density at radius 2 is 2.05 bits per heavy atom. The summed E-state index contributed by atoms with van der Waals surface area (Å²) in [5, 5.41) is 0. The van der Waals surface area contributed by atoms with Crippen LogP contribution in [0.5, 0.6) is 0 Å². The van der Waals surface area contributed by atoms with Gasteiger partial charge in [-0.15, -0.1) is 0 Å². The van der Waals surface area contributed by atoms with Gasteiger partial charge in [-0.25, -0.2) is 4.79 Å². The molecule has 0 bridgehead atoms. The van der Waals surface area contributed by atoms with Gasteiger partial charge in [0.15, 0.2) is 6.04 Å². The van der Waals surface area contributed by atoms with Gasteiger partial charge in [0.2, 0.25) is 0 Å². The molecule has 0 aliphatic heterocycles. The van der Waals surface area contributed by atoms with Gasteiger partial charge in [0.25, 0.3) is 0 Å². The lowest BCUT2D eigenvalue weighted by Crippen LogP contribution is -2.26. The Morgan fingerprint density at radius 1 is 1.35 bits per heavy atom. The summed E-state index contributed by atoms with van der Waals surface area (Å²) in [7, 11) is 3.76. The summed E-state index contributed by atoms with van der Waals surface area (Å²) >= 11 is 0. The standard InChI is InChI=1S/C16H24N2O2/c1-4-5-11-20-16(19)15(17-13-18(2)3)12-14-9-7-6-8-10-14/h6-10,13,15H,4-5,11-12H2,1-3H3. The molecule has 1 atom stereocenters. The van der Waals surface area contributed by atoms with Gasteiger partial charge in [0.1, 0.15) is 0 Å². The lowest BCUT2D eigenvalue weighted by molar-refractivity contribution is -0.145. The predicted molar refractivity (Wildman–Crippen MR) is 82.0 cm³/mol. The molecule has 110 valence electrons. The van der Waals surface area contributed by atoms with E-state index < -0.39 is 6.04 Å². The molecule has 0 heterocycles. The maximum absolute atomic E-state index is 12.1. The number of rotatable bonds is 8. The van der Waals surface area contributed by atoms with E-state index in [-0.39, 0.29) is 5.97 Å². The van der Waals surface area contributed by atoms with Crippen LogP contribution < -0.4 is 0 Å². The van der Waals surface area contributed by atoms with Crippen LogP contribution in [0, 0.1) is 0 Å². The van der Waals surface area contributed by atoms with Crippen molar-refractivity contribution in [2.45, 2.75) is 32.2 Å². The molecule has 0 saturated heterocycles. The Hall–Kier alpha value is -1.84. The SMILES string of the molecule is CCCCOC(=O)C(Cc1ccccc1)N=CN(C)C. The second-order valence-electron chi connectivity index (χ2n) is 4.95. The molecule has 0 N–H and O–H groups in total. The van der Waals surface area contributed by atoms with E-state index in [2.05, 4.69) is 11.9 Å². The number of hydrogen-bond donors (Lipinski definition) is 0. The zero-order valence-electron chi connectivity index (χ0n) is 12.6. The summed E-state index contributed by atoms with van der Waals surface area (Å²) in [6.07, 6.45) is 4.13. The first-order valence-electron chi connectivity index (χ1n) is 7.03. The van der Waals surface area contributed by atoms with Gasteiger partial charge in [-0.1, -0.05) is 43.7 Å². The Balaban J connectivity index is 2.67. The fourth-order valence-electron chi connectivity index (χ4n) is 1.66. The topological polar surface area (TPSA) is 41.9 Å². The van der Waals surface area contributed by atoms with E-state index in [1.54, 1.807) is 6.34 Å². The fraction of sp³-hybridized carbons (Fsp3) is 0.500. The number of carbonyl (C=O) groups is 1. The van der Waals surface area contributed by atoms with E-state index in [1.807, 2.05) is 49.3 Å². The second-order valence-corrected chi connectivity index (χ2v) is 4.95. The van der Waals surface area contributed by atoms with Crippen LogP contribution in [0.4, 0.5) is 0 Å². The summed E-state index contributed by atoms with van der Waals surface area (Å²) in [6, 6.07) is 9.40. The number of esters is 1.